The Balaban J connectivity index is 1.49. The number of morpholine rings is 1. The fraction of sp³-hybridized carbons (Fsp3) is 0.238. The SMILES string of the molecule is O=C(Nc1cc(Cl)ccc1N1CCOCC1)c1cccc(OCc2cscn2)c1. The van der Waals surface area contributed by atoms with E-state index in [0.29, 0.717) is 41.8 Å². The highest BCUT2D eigenvalue weighted by Gasteiger charge is 2.17. The van der Waals surface area contributed by atoms with Gasteiger partial charge in [-0.25, -0.2) is 4.98 Å². The molecule has 0 spiro atoms. The molecule has 1 aromatic heterocycles. The third-order valence-corrected chi connectivity index (χ3v) is 5.40. The number of hydrogen-bond acceptors (Lipinski definition) is 6. The Morgan fingerprint density at radius 1 is 1.24 bits per heavy atom. The lowest BCUT2D eigenvalue weighted by Gasteiger charge is -2.30. The first-order valence-electron chi connectivity index (χ1n) is 9.22. The lowest BCUT2D eigenvalue weighted by molar-refractivity contribution is 0.102. The topological polar surface area (TPSA) is 63.7 Å². The summed E-state index contributed by atoms with van der Waals surface area (Å²) in [5.41, 5.74) is 4.74. The molecular formula is C21H20ClN3O3S. The number of rotatable bonds is 6. The summed E-state index contributed by atoms with van der Waals surface area (Å²) in [6.07, 6.45) is 0. The van der Waals surface area contributed by atoms with Crippen LogP contribution in [0, 0.1) is 0 Å². The molecule has 0 radical (unpaired) electrons. The normalized spacial score (nSPS) is 13.9. The van der Waals surface area contributed by atoms with E-state index in [4.69, 9.17) is 21.1 Å². The van der Waals surface area contributed by atoms with E-state index in [1.165, 1.54) is 11.3 Å². The van der Waals surface area contributed by atoms with Gasteiger partial charge in [0.1, 0.15) is 12.4 Å². The highest BCUT2D eigenvalue weighted by molar-refractivity contribution is 7.07. The predicted octanol–water partition coefficient (Wildman–Crippen LogP) is 4.46. The quantitative estimate of drug-likeness (QED) is 0.626. The Kier molecular flexibility index (Phi) is 6.29. The second-order valence-corrected chi connectivity index (χ2v) is 7.67. The van der Waals surface area contributed by atoms with Crippen molar-refractivity contribution in [3.05, 3.63) is 69.6 Å². The van der Waals surface area contributed by atoms with E-state index in [1.807, 2.05) is 23.6 Å². The molecule has 1 amide bonds. The molecule has 1 fully saturated rings. The zero-order chi connectivity index (χ0) is 20.1. The first-order chi connectivity index (χ1) is 14.2. The summed E-state index contributed by atoms with van der Waals surface area (Å²) < 4.78 is 11.2. The molecule has 3 aromatic rings. The van der Waals surface area contributed by atoms with E-state index in [9.17, 15) is 4.79 Å². The van der Waals surface area contributed by atoms with Gasteiger partial charge in [0, 0.05) is 29.1 Å². The van der Waals surface area contributed by atoms with Crippen LogP contribution in [0.4, 0.5) is 11.4 Å². The van der Waals surface area contributed by atoms with Gasteiger partial charge in [-0.2, -0.15) is 0 Å². The van der Waals surface area contributed by atoms with E-state index in [-0.39, 0.29) is 5.91 Å². The van der Waals surface area contributed by atoms with Crippen molar-refractivity contribution in [2.75, 3.05) is 36.5 Å². The van der Waals surface area contributed by atoms with Gasteiger partial charge in [-0.05, 0) is 36.4 Å². The first-order valence-corrected chi connectivity index (χ1v) is 10.5. The van der Waals surface area contributed by atoms with Crippen molar-refractivity contribution in [3.8, 4) is 5.75 Å². The van der Waals surface area contributed by atoms with Crippen LogP contribution in [-0.2, 0) is 11.3 Å². The van der Waals surface area contributed by atoms with Gasteiger partial charge in [0.15, 0.2) is 0 Å². The van der Waals surface area contributed by atoms with E-state index in [0.717, 1.165) is 24.5 Å². The molecule has 4 rings (SSSR count). The molecule has 1 saturated heterocycles. The number of nitrogens with one attached hydrogen (secondary N) is 1. The van der Waals surface area contributed by atoms with Crippen molar-refractivity contribution in [1.82, 2.24) is 4.98 Å². The van der Waals surface area contributed by atoms with Crippen LogP contribution in [0.1, 0.15) is 16.1 Å². The number of carbonyl (C=O) groups excluding carboxylic acids is 1. The number of halogens is 1. The molecule has 0 unspecified atom stereocenters. The number of nitrogens with zero attached hydrogens (tertiary/aromatic N) is 2. The van der Waals surface area contributed by atoms with Crippen molar-refractivity contribution in [3.63, 3.8) is 0 Å². The summed E-state index contributed by atoms with van der Waals surface area (Å²) in [4.78, 5) is 19.3. The van der Waals surface area contributed by atoms with Crippen LogP contribution >= 0.6 is 22.9 Å². The molecule has 150 valence electrons. The zero-order valence-electron chi connectivity index (χ0n) is 15.6. The molecule has 2 aromatic carbocycles. The Hall–Kier alpha value is -2.61. The first kappa shape index (κ1) is 19.7. The number of hydrogen-bond donors (Lipinski definition) is 1. The van der Waals surface area contributed by atoms with Gasteiger partial charge in [-0.15, -0.1) is 11.3 Å². The molecule has 29 heavy (non-hydrogen) atoms. The third-order valence-electron chi connectivity index (χ3n) is 4.52. The Bertz CT molecular complexity index is 975. The average Bonchev–Trinajstić information content (AvgIpc) is 3.27. The molecule has 0 atom stereocenters. The maximum absolute atomic E-state index is 12.9. The van der Waals surface area contributed by atoms with Crippen LogP contribution in [0.25, 0.3) is 0 Å². The summed E-state index contributed by atoms with van der Waals surface area (Å²) in [6, 6.07) is 12.6. The molecule has 1 aliphatic rings. The van der Waals surface area contributed by atoms with Gasteiger partial charge < -0.3 is 19.7 Å². The van der Waals surface area contributed by atoms with Crippen molar-refractivity contribution >= 4 is 40.2 Å². The summed E-state index contributed by atoms with van der Waals surface area (Å²) in [5, 5.41) is 5.49. The maximum Gasteiger partial charge on any atom is 0.255 e. The summed E-state index contributed by atoms with van der Waals surface area (Å²) in [5.74, 6) is 0.394. The van der Waals surface area contributed by atoms with Crippen LogP contribution in [0.3, 0.4) is 0 Å². The number of anilines is 2. The lowest BCUT2D eigenvalue weighted by atomic mass is 10.1. The number of ether oxygens (including phenoxy) is 2. The van der Waals surface area contributed by atoms with Crippen molar-refractivity contribution in [2.24, 2.45) is 0 Å². The van der Waals surface area contributed by atoms with Crippen LogP contribution in [0.2, 0.25) is 5.02 Å². The van der Waals surface area contributed by atoms with Gasteiger partial charge in [-0.3, -0.25) is 4.79 Å². The van der Waals surface area contributed by atoms with E-state index in [1.54, 1.807) is 29.8 Å². The molecule has 1 N–H and O–H groups in total. The third kappa shape index (κ3) is 5.06. The average molecular weight is 430 g/mol. The second kappa shape index (κ2) is 9.26. The van der Waals surface area contributed by atoms with Crippen molar-refractivity contribution < 1.29 is 14.3 Å². The fourth-order valence-electron chi connectivity index (χ4n) is 3.08. The monoisotopic (exact) mass is 429 g/mol. The Labute approximate surface area is 178 Å². The smallest absolute Gasteiger partial charge is 0.255 e. The van der Waals surface area contributed by atoms with Crippen LogP contribution < -0.4 is 15.0 Å². The van der Waals surface area contributed by atoms with E-state index >= 15 is 0 Å². The second-order valence-electron chi connectivity index (χ2n) is 6.51. The molecule has 6 nitrogen and oxygen atoms in total. The number of amides is 1. The number of carbonyl (C=O) groups is 1. The number of benzene rings is 2. The van der Waals surface area contributed by atoms with E-state index < -0.39 is 0 Å². The number of aromatic nitrogens is 1. The lowest BCUT2D eigenvalue weighted by Crippen LogP contribution is -2.36. The molecule has 8 heteroatoms. The van der Waals surface area contributed by atoms with E-state index in [2.05, 4.69) is 15.2 Å². The minimum atomic E-state index is -0.221. The van der Waals surface area contributed by atoms with Crippen LogP contribution in [0.5, 0.6) is 5.75 Å². The zero-order valence-corrected chi connectivity index (χ0v) is 17.2. The summed E-state index contributed by atoms with van der Waals surface area (Å²) in [7, 11) is 0. The minimum Gasteiger partial charge on any atom is -0.487 e. The van der Waals surface area contributed by atoms with Gasteiger partial charge in [-0.1, -0.05) is 17.7 Å². The maximum atomic E-state index is 12.9. The van der Waals surface area contributed by atoms with Crippen molar-refractivity contribution in [2.45, 2.75) is 6.61 Å². The standard InChI is InChI=1S/C21H20ClN3O3S/c22-16-4-5-20(25-6-8-27-9-7-25)19(11-16)24-21(26)15-2-1-3-18(10-15)28-12-17-13-29-14-23-17/h1-5,10-11,13-14H,6-9,12H2,(H,24,26). The van der Waals surface area contributed by atoms with Crippen LogP contribution in [0.15, 0.2) is 53.4 Å². The summed E-state index contributed by atoms with van der Waals surface area (Å²) >= 11 is 7.70. The van der Waals surface area contributed by atoms with Gasteiger partial charge in [0.25, 0.3) is 5.91 Å². The molecular weight excluding hydrogens is 410 g/mol. The predicted molar refractivity (Wildman–Crippen MR) is 115 cm³/mol. The molecule has 0 aliphatic carbocycles. The van der Waals surface area contributed by atoms with Crippen molar-refractivity contribution in [1.29, 1.82) is 0 Å². The van der Waals surface area contributed by atoms with Crippen LogP contribution in [-0.4, -0.2) is 37.2 Å². The Morgan fingerprint density at radius 2 is 2.10 bits per heavy atom. The molecule has 2 heterocycles. The molecule has 0 bridgehead atoms. The number of thiazole rings is 1. The van der Waals surface area contributed by atoms with Gasteiger partial charge in [0.05, 0.1) is 35.8 Å². The minimum absolute atomic E-state index is 0.221. The van der Waals surface area contributed by atoms with Gasteiger partial charge in [0.2, 0.25) is 0 Å². The molecule has 1 aliphatic heterocycles. The molecule has 0 saturated carbocycles. The largest absolute Gasteiger partial charge is 0.487 e. The fourth-order valence-corrected chi connectivity index (χ4v) is 3.79. The summed E-state index contributed by atoms with van der Waals surface area (Å²) in [6.45, 7) is 3.22. The Morgan fingerprint density at radius 3 is 2.90 bits per heavy atom. The highest BCUT2D eigenvalue weighted by Crippen LogP contribution is 2.30. The highest BCUT2D eigenvalue weighted by atomic mass is 35.5. The van der Waals surface area contributed by atoms with Gasteiger partial charge >= 0.3 is 0 Å².